The number of nitrogens with one attached hydrogen (secondary N) is 1. The minimum Gasteiger partial charge on any atom is -0.328 e. The number of piperidine rings is 1. The van der Waals surface area contributed by atoms with E-state index in [1.807, 2.05) is 23.4 Å². The van der Waals surface area contributed by atoms with E-state index < -0.39 is 0 Å². The molecule has 0 saturated carbocycles. The molecule has 0 spiro atoms. The molecule has 7 heteroatoms. The van der Waals surface area contributed by atoms with Crippen LogP contribution in [0.4, 0.5) is 0 Å². The van der Waals surface area contributed by atoms with Crippen LogP contribution in [0.1, 0.15) is 73.8 Å². The zero-order chi connectivity index (χ0) is 17.5. The molecule has 1 N–H and O–H groups in total. The molecule has 3 rings (SSSR count). The largest absolute Gasteiger partial charge is 0.328 e. The van der Waals surface area contributed by atoms with Crippen molar-refractivity contribution in [2.75, 3.05) is 6.54 Å². The van der Waals surface area contributed by atoms with Gasteiger partial charge in [-0.15, -0.1) is 0 Å². The summed E-state index contributed by atoms with van der Waals surface area (Å²) in [5.41, 5.74) is 1.43. The molecule has 0 radical (unpaired) electrons. The van der Waals surface area contributed by atoms with Gasteiger partial charge in [-0.2, -0.15) is 10.2 Å². The summed E-state index contributed by atoms with van der Waals surface area (Å²) in [7, 11) is 0. The van der Waals surface area contributed by atoms with E-state index in [0.717, 1.165) is 37.3 Å². The first-order valence-corrected chi connectivity index (χ1v) is 8.54. The number of carbonyl (C=O) groups is 1. The van der Waals surface area contributed by atoms with E-state index in [0.29, 0.717) is 11.4 Å². The van der Waals surface area contributed by atoms with Crippen LogP contribution in [0.3, 0.4) is 0 Å². The van der Waals surface area contributed by atoms with Crippen molar-refractivity contribution in [1.29, 1.82) is 0 Å². The zero-order valence-corrected chi connectivity index (χ0v) is 15.1. The SMILES string of the molecule is Cc1nc([C@@H]2CCCCN2C(=O)c2cnn(C(C)(C)C)c2C)n[nH]1. The normalized spacial score (nSPS) is 18.9. The number of hydrogen-bond acceptors (Lipinski definition) is 4. The highest BCUT2D eigenvalue weighted by Crippen LogP contribution is 2.31. The van der Waals surface area contributed by atoms with E-state index in [4.69, 9.17) is 0 Å². The van der Waals surface area contributed by atoms with Crippen LogP contribution in [-0.4, -0.2) is 42.3 Å². The summed E-state index contributed by atoms with van der Waals surface area (Å²) in [6, 6.07) is -0.0615. The second kappa shape index (κ2) is 6.03. The van der Waals surface area contributed by atoms with Gasteiger partial charge < -0.3 is 4.90 Å². The van der Waals surface area contributed by atoms with Crippen LogP contribution >= 0.6 is 0 Å². The van der Waals surface area contributed by atoms with Gasteiger partial charge in [0.25, 0.3) is 5.91 Å². The summed E-state index contributed by atoms with van der Waals surface area (Å²) < 4.78 is 1.91. The summed E-state index contributed by atoms with van der Waals surface area (Å²) in [5.74, 6) is 1.51. The van der Waals surface area contributed by atoms with Gasteiger partial charge in [0.05, 0.1) is 23.3 Å². The Morgan fingerprint density at radius 1 is 1.29 bits per heavy atom. The molecule has 1 atom stereocenters. The molecular weight excluding hydrogens is 304 g/mol. The molecule has 1 aliphatic heterocycles. The predicted octanol–water partition coefficient (Wildman–Crippen LogP) is 2.74. The van der Waals surface area contributed by atoms with Crippen molar-refractivity contribution < 1.29 is 4.79 Å². The molecule has 2 aromatic heterocycles. The highest BCUT2D eigenvalue weighted by molar-refractivity contribution is 5.95. The van der Waals surface area contributed by atoms with Gasteiger partial charge in [-0.3, -0.25) is 14.6 Å². The van der Waals surface area contributed by atoms with Crippen LogP contribution in [0.15, 0.2) is 6.20 Å². The van der Waals surface area contributed by atoms with Crippen molar-refractivity contribution >= 4 is 5.91 Å². The highest BCUT2D eigenvalue weighted by atomic mass is 16.2. The van der Waals surface area contributed by atoms with Gasteiger partial charge in [-0.25, -0.2) is 4.98 Å². The van der Waals surface area contributed by atoms with Crippen LogP contribution < -0.4 is 0 Å². The fraction of sp³-hybridized carbons (Fsp3) is 0.647. The molecule has 1 aliphatic rings. The van der Waals surface area contributed by atoms with Crippen LogP contribution in [-0.2, 0) is 5.54 Å². The Labute approximate surface area is 142 Å². The maximum atomic E-state index is 13.2. The van der Waals surface area contributed by atoms with E-state index in [-0.39, 0.29) is 17.5 Å². The maximum Gasteiger partial charge on any atom is 0.257 e. The molecule has 7 nitrogen and oxygen atoms in total. The average molecular weight is 330 g/mol. The third kappa shape index (κ3) is 2.95. The van der Waals surface area contributed by atoms with E-state index in [9.17, 15) is 4.79 Å². The molecule has 0 aliphatic carbocycles. The number of aromatic nitrogens is 5. The molecule has 1 saturated heterocycles. The Bertz CT molecular complexity index is 739. The van der Waals surface area contributed by atoms with Gasteiger partial charge >= 0.3 is 0 Å². The number of nitrogens with zero attached hydrogens (tertiary/aromatic N) is 5. The molecule has 1 fully saturated rings. The van der Waals surface area contributed by atoms with Gasteiger partial charge in [-0.05, 0) is 53.9 Å². The lowest BCUT2D eigenvalue weighted by molar-refractivity contribution is 0.0599. The highest BCUT2D eigenvalue weighted by Gasteiger charge is 2.33. The lowest BCUT2D eigenvalue weighted by Crippen LogP contribution is -2.39. The number of rotatable bonds is 2. The summed E-state index contributed by atoms with van der Waals surface area (Å²) in [6.07, 6.45) is 4.69. The monoisotopic (exact) mass is 330 g/mol. The summed E-state index contributed by atoms with van der Waals surface area (Å²) in [4.78, 5) is 19.5. The van der Waals surface area contributed by atoms with Crippen molar-refractivity contribution in [3.8, 4) is 0 Å². The molecule has 0 aromatic carbocycles. The number of carbonyl (C=O) groups excluding carboxylic acids is 1. The topological polar surface area (TPSA) is 79.7 Å². The molecule has 1 amide bonds. The first kappa shape index (κ1) is 16.7. The number of likely N-dealkylation sites (tertiary alicyclic amines) is 1. The first-order chi connectivity index (χ1) is 11.3. The van der Waals surface area contributed by atoms with Crippen molar-refractivity contribution in [3.63, 3.8) is 0 Å². The minimum atomic E-state index is -0.148. The van der Waals surface area contributed by atoms with Gasteiger partial charge in [-0.1, -0.05) is 0 Å². The van der Waals surface area contributed by atoms with E-state index in [1.165, 1.54) is 0 Å². The Balaban J connectivity index is 1.91. The molecule has 2 aromatic rings. The molecule has 0 unspecified atom stereocenters. The van der Waals surface area contributed by atoms with Crippen LogP contribution in [0.5, 0.6) is 0 Å². The van der Waals surface area contributed by atoms with Crippen LogP contribution in [0.25, 0.3) is 0 Å². The molecular formula is C17H26N6O. The standard InChI is InChI=1S/C17H26N6O/c1-11-13(10-18-23(11)17(3,4)5)16(24)22-9-7-6-8-14(22)15-19-12(2)20-21-15/h10,14H,6-9H2,1-5H3,(H,19,20,21)/t14-/m0/s1. The molecule has 130 valence electrons. The van der Waals surface area contributed by atoms with Crippen molar-refractivity contribution in [1.82, 2.24) is 29.9 Å². The van der Waals surface area contributed by atoms with E-state index >= 15 is 0 Å². The van der Waals surface area contributed by atoms with Crippen molar-refractivity contribution in [2.24, 2.45) is 0 Å². The third-order valence-corrected chi connectivity index (χ3v) is 4.55. The van der Waals surface area contributed by atoms with Gasteiger partial charge in [0, 0.05) is 12.2 Å². The minimum absolute atomic E-state index is 0.0233. The smallest absolute Gasteiger partial charge is 0.257 e. The third-order valence-electron chi connectivity index (χ3n) is 4.55. The second-order valence-electron chi connectivity index (χ2n) is 7.52. The second-order valence-corrected chi connectivity index (χ2v) is 7.52. The van der Waals surface area contributed by atoms with Gasteiger partial charge in [0.1, 0.15) is 5.82 Å². The summed E-state index contributed by atoms with van der Waals surface area (Å²) in [6.45, 7) is 10.8. The number of hydrogen-bond donors (Lipinski definition) is 1. The Morgan fingerprint density at radius 3 is 2.62 bits per heavy atom. The Hall–Kier alpha value is -2.18. The first-order valence-electron chi connectivity index (χ1n) is 8.54. The van der Waals surface area contributed by atoms with Gasteiger partial charge in [0.2, 0.25) is 0 Å². The quantitative estimate of drug-likeness (QED) is 0.918. The Kier molecular flexibility index (Phi) is 4.19. The fourth-order valence-corrected chi connectivity index (χ4v) is 3.40. The number of aryl methyl sites for hydroxylation is 1. The maximum absolute atomic E-state index is 13.2. The van der Waals surface area contributed by atoms with E-state index in [1.54, 1.807) is 6.20 Å². The van der Waals surface area contributed by atoms with E-state index in [2.05, 4.69) is 41.1 Å². The van der Waals surface area contributed by atoms with Crippen LogP contribution in [0.2, 0.25) is 0 Å². The molecule has 3 heterocycles. The lowest BCUT2D eigenvalue weighted by Gasteiger charge is -2.34. The van der Waals surface area contributed by atoms with Crippen molar-refractivity contribution in [2.45, 2.75) is 65.5 Å². The molecule has 0 bridgehead atoms. The fourth-order valence-electron chi connectivity index (χ4n) is 3.40. The summed E-state index contributed by atoms with van der Waals surface area (Å²) in [5, 5.41) is 11.6. The Morgan fingerprint density at radius 2 is 2.04 bits per heavy atom. The number of H-pyrrole nitrogens is 1. The number of aromatic amines is 1. The summed E-state index contributed by atoms with van der Waals surface area (Å²) >= 11 is 0. The molecule has 24 heavy (non-hydrogen) atoms. The lowest BCUT2D eigenvalue weighted by atomic mass is 10.00. The number of amides is 1. The van der Waals surface area contributed by atoms with Crippen molar-refractivity contribution in [3.05, 3.63) is 29.1 Å². The zero-order valence-electron chi connectivity index (χ0n) is 15.1. The predicted molar refractivity (Wildman–Crippen MR) is 90.7 cm³/mol. The van der Waals surface area contributed by atoms with Gasteiger partial charge in [0.15, 0.2) is 5.82 Å². The van der Waals surface area contributed by atoms with Crippen LogP contribution in [0, 0.1) is 13.8 Å². The average Bonchev–Trinajstić information content (AvgIpc) is 3.12.